The van der Waals surface area contributed by atoms with E-state index in [0.717, 1.165) is 0 Å². The van der Waals surface area contributed by atoms with Crippen LogP contribution in [0.5, 0.6) is 0 Å². The summed E-state index contributed by atoms with van der Waals surface area (Å²) in [4.78, 5) is 0. The highest BCUT2D eigenvalue weighted by Crippen LogP contribution is 1.94. The highest BCUT2D eigenvalue weighted by molar-refractivity contribution is 5.35. The van der Waals surface area contributed by atoms with Gasteiger partial charge in [-0.25, -0.2) is 0 Å². The third kappa shape index (κ3) is 0.789. The molecular weight excluding hydrogens is 144 g/mol. The van der Waals surface area contributed by atoms with Gasteiger partial charge in [-0.3, -0.25) is 0 Å². The molecule has 0 saturated carbocycles. The molecule has 2 aromatic heterocycles. The van der Waals surface area contributed by atoms with E-state index in [-0.39, 0.29) is 0 Å². The van der Waals surface area contributed by atoms with Crippen molar-refractivity contribution in [2.75, 3.05) is 0 Å². The second kappa shape index (κ2) is 1.98. The van der Waals surface area contributed by atoms with E-state index in [4.69, 9.17) is 5.26 Å². The third-order valence-electron chi connectivity index (χ3n) is 1.18. The highest BCUT2D eigenvalue weighted by atomic mass is 15.6. The average molecular weight is 146 g/mol. The predicted molar refractivity (Wildman–Crippen MR) is 33.3 cm³/mol. The molecule has 0 fully saturated rings. The summed E-state index contributed by atoms with van der Waals surface area (Å²) >= 11 is 0. The van der Waals surface area contributed by atoms with Crippen LogP contribution in [0, 0.1) is 11.3 Å². The Kier molecular flexibility index (Phi) is 1.03. The van der Waals surface area contributed by atoms with Crippen molar-refractivity contribution >= 4 is 5.65 Å². The number of tetrazole rings is 1. The Morgan fingerprint density at radius 2 is 2.36 bits per heavy atom. The van der Waals surface area contributed by atoms with Crippen LogP contribution in [0.25, 0.3) is 5.65 Å². The molecule has 0 aliphatic carbocycles. The van der Waals surface area contributed by atoms with E-state index in [1.165, 1.54) is 4.63 Å². The van der Waals surface area contributed by atoms with Gasteiger partial charge in [0, 0.05) is 0 Å². The minimum Gasteiger partial charge on any atom is -0.191 e. The lowest BCUT2D eigenvalue weighted by atomic mass is 10.4. The molecule has 0 aliphatic rings. The van der Waals surface area contributed by atoms with Gasteiger partial charge in [0.2, 0.25) is 0 Å². The van der Waals surface area contributed by atoms with Crippen LogP contribution < -0.4 is 0 Å². The fraction of sp³-hybridized carbons (Fsp3) is 0. The standard InChI is InChI=1S/C5H2N6/c6-3-4-1-2-5-7-9-10-11(5)8-4/h1-2H. The Balaban J connectivity index is 2.79. The van der Waals surface area contributed by atoms with Crippen LogP contribution in [-0.2, 0) is 0 Å². The summed E-state index contributed by atoms with van der Waals surface area (Å²) < 4.78 is 1.21. The second-order valence-electron chi connectivity index (χ2n) is 1.86. The third-order valence-corrected chi connectivity index (χ3v) is 1.18. The molecule has 11 heavy (non-hydrogen) atoms. The quantitative estimate of drug-likeness (QED) is 0.495. The number of fused-ring (bicyclic) bond motifs is 1. The van der Waals surface area contributed by atoms with Gasteiger partial charge >= 0.3 is 0 Å². The zero-order valence-electron chi connectivity index (χ0n) is 5.34. The van der Waals surface area contributed by atoms with Gasteiger partial charge in [-0.1, -0.05) is 0 Å². The number of nitriles is 1. The van der Waals surface area contributed by atoms with Crippen LogP contribution in [-0.4, -0.2) is 25.3 Å². The molecule has 2 aromatic rings. The van der Waals surface area contributed by atoms with Gasteiger partial charge in [-0.2, -0.15) is 5.26 Å². The number of rotatable bonds is 0. The zero-order valence-corrected chi connectivity index (χ0v) is 5.34. The molecule has 2 heterocycles. The van der Waals surface area contributed by atoms with Crippen LogP contribution in [0.3, 0.4) is 0 Å². The van der Waals surface area contributed by atoms with Crippen molar-refractivity contribution in [1.29, 1.82) is 5.26 Å². The summed E-state index contributed by atoms with van der Waals surface area (Å²) in [5, 5.41) is 22.7. The lowest BCUT2D eigenvalue weighted by Gasteiger charge is -1.86. The molecule has 0 amide bonds. The zero-order chi connectivity index (χ0) is 7.68. The van der Waals surface area contributed by atoms with Gasteiger partial charge in [0.05, 0.1) is 0 Å². The van der Waals surface area contributed by atoms with Crippen LogP contribution in [0.15, 0.2) is 12.1 Å². The fourth-order valence-corrected chi connectivity index (χ4v) is 0.709. The van der Waals surface area contributed by atoms with E-state index in [0.29, 0.717) is 11.3 Å². The SMILES string of the molecule is N#Cc1ccc2nnnn2n1. The van der Waals surface area contributed by atoms with Gasteiger partial charge in [-0.05, 0) is 22.6 Å². The normalized spacial score (nSPS) is 9.73. The maximum absolute atomic E-state index is 8.44. The Morgan fingerprint density at radius 1 is 1.45 bits per heavy atom. The smallest absolute Gasteiger partial charge is 0.191 e. The van der Waals surface area contributed by atoms with Gasteiger partial charge in [0.25, 0.3) is 0 Å². The van der Waals surface area contributed by atoms with E-state index >= 15 is 0 Å². The predicted octanol–water partition coefficient (Wildman–Crippen LogP) is -0.609. The topological polar surface area (TPSA) is 79.8 Å². The summed E-state index contributed by atoms with van der Waals surface area (Å²) in [5.41, 5.74) is 0.828. The van der Waals surface area contributed by atoms with Gasteiger partial charge in [0.1, 0.15) is 6.07 Å². The summed E-state index contributed by atoms with van der Waals surface area (Å²) in [5.74, 6) is 0. The highest BCUT2D eigenvalue weighted by Gasteiger charge is 1.97. The Labute approximate surface area is 61.1 Å². The second-order valence-corrected chi connectivity index (χ2v) is 1.86. The molecule has 6 heteroatoms. The molecular formula is C5H2N6. The monoisotopic (exact) mass is 146 g/mol. The van der Waals surface area contributed by atoms with E-state index < -0.39 is 0 Å². The van der Waals surface area contributed by atoms with Crippen LogP contribution in [0.4, 0.5) is 0 Å². The molecule has 0 bridgehead atoms. The van der Waals surface area contributed by atoms with E-state index in [2.05, 4.69) is 20.6 Å². The largest absolute Gasteiger partial charge is 0.200 e. The molecule has 0 atom stereocenters. The van der Waals surface area contributed by atoms with Crippen molar-refractivity contribution in [3.05, 3.63) is 17.8 Å². The molecule has 6 nitrogen and oxygen atoms in total. The van der Waals surface area contributed by atoms with E-state index in [9.17, 15) is 0 Å². The number of nitrogens with zero attached hydrogens (tertiary/aromatic N) is 6. The van der Waals surface area contributed by atoms with Crippen LogP contribution >= 0.6 is 0 Å². The molecule has 0 N–H and O–H groups in total. The first-order valence-electron chi connectivity index (χ1n) is 2.86. The number of hydrogen-bond acceptors (Lipinski definition) is 5. The Morgan fingerprint density at radius 3 is 3.18 bits per heavy atom. The molecule has 0 aliphatic heterocycles. The maximum atomic E-state index is 8.44. The van der Waals surface area contributed by atoms with E-state index in [1.807, 2.05) is 6.07 Å². The number of hydrogen-bond donors (Lipinski definition) is 0. The Hall–Kier alpha value is -2.03. The fourth-order valence-electron chi connectivity index (χ4n) is 0.709. The van der Waals surface area contributed by atoms with Crippen LogP contribution in [0.2, 0.25) is 0 Å². The summed E-state index contributed by atoms with van der Waals surface area (Å²) in [6, 6.07) is 5.07. The molecule has 0 radical (unpaired) electrons. The van der Waals surface area contributed by atoms with Crippen molar-refractivity contribution in [1.82, 2.24) is 25.3 Å². The minimum atomic E-state index is 0.296. The molecule has 0 aromatic carbocycles. The molecule has 2 rings (SSSR count). The molecule has 0 unspecified atom stereocenters. The van der Waals surface area contributed by atoms with Gasteiger partial charge in [0.15, 0.2) is 11.3 Å². The Bertz CT molecular complexity index is 424. The lowest BCUT2D eigenvalue weighted by molar-refractivity contribution is 0.728. The molecule has 0 saturated heterocycles. The van der Waals surface area contributed by atoms with Crippen molar-refractivity contribution in [2.24, 2.45) is 0 Å². The first kappa shape index (κ1) is 5.73. The molecule has 0 spiro atoms. The average Bonchev–Trinajstić information content (AvgIpc) is 2.50. The van der Waals surface area contributed by atoms with Crippen molar-refractivity contribution in [3.63, 3.8) is 0 Å². The summed E-state index contributed by atoms with van der Waals surface area (Å²) in [6.45, 7) is 0. The van der Waals surface area contributed by atoms with Crippen molar-refractivity contribution in [2.45, 2.75) is 0 Å². The summed E-state index contributed by atoms with van der Waals surface area (Å²) in [6.07, 6.45) is 0. The van der Waals surface area contributed by atoms with Gasteiger partial charge < -0.3 is 0 Å². The van der Waals surface area contributed by atoms with Gasteiger partial charge in [-0.15, -0.1) is 14.8 Å². The lowest BCUT2D eigenvalue weighted by Crippen LogP contribution is -1.95. The van der Waals surface area contributed by atoms with Crippen molar-refractivity contribution in [3.8, 4) is 6.07 Å². The first-order valence-corrected chi connectivity index (χ1v) is 2.86. The van der Waals surface area contributed by atoms with E-state index in [1.54, 1.807) is 12.1 Å². The molecule has 52 valence electrons. The minimum absolute atomic E-state index is 0.296. The maximum Gasteiger partial charge on any atom is 0.200 e. The first-order chi connectivity index (χ1) is 5.40. The van der Waals surface area contributed by atoms with Crippen LogP contribution in [0.1, 0.15) is 5.69 Å². The van der Waals surface area contributed by atoms with Crippen molar-refractivity contribution < 1.29 is 0 Å². The summed E-state index contributed by atoms with van der Waals surface area (Å²) in [7, 11) is 0. The number of aromatic nitrogens is 5.